The van der Waals surface area contributed by atoms with Crippen LogP contribution in [-0.4, -0.2) is 61.5 Å². The molecule has 3 heterocycles. The SMILES string of the molecule is Cn1cc(-c2ccc3cnc(CC(=O)C4CCN(CC5(C(F)(F)F)CC5)CC4)nc3c2)nn1. The molecule has 0 amide bonds. The van der Waals surface area contributed by atoms with Gasteiger partial charge in [0.2, 0.25) is 0 Å². The molecule has 0 bridgehead atoms. The summed E-state index contributed by atoms with van der Waals surface area (Å²) in [5.41, 5.74) is 0.826. The minimum atomic E-state index is -4.14. The van der Waals surface area contributed by atoms with Crippen molar-refractivity contribution in [1.29, 1.82) is 0 Å². The number of aromatic nitrogens is 5. The number of hydrogen-bond donors (Lipinski definition) is 0. The lowest BCUT2D eigenvalue weighted by molar-refractivity contribution is -0.192. The minimum absolute atomic E-state index is 0.0519. The average molecular weight is 458 g/mol. The first-order valence-corrected chi connectivity index (χ1v) is 11.2. The Morgan fingerprint density at radius 3 is 2.61 bits per heavy atom. The Labute approximate surface area is 189 Å². The molecule has 2 aromatic heterocycles. The van der Waals surface area contributed by atoms with E-state index in [0.29, 0.717) is 31.8 Å². The van der Waals surface area contributed by atoms with Gasteiger partial charge in [-0.15, -0.1) is 5.10 Å². The summed E-state index contributed by atoms with van der Waals surface area (Å²) in [6, 6.07) is 5.75. The Bertz CT molecular complexity index is 1180. The molecule has 1 saturated heterocycles. The monoisotopic (exact) mass is 458 g/mol. The second kappa shape index (κ2) is 8.16. The van der Waals surface area contributed by atoms with Crippen molar-refractivity contribution in [3.05, 3.63) is 36.4 Å². The predicted octanol–water partition coefficient (Wildman–Crippen LogP) is 3.59. The summed E-state index contributed by atoms with van der Waals surface area (Å²) in [5, 5.41) is 8.94. The molecular weight excluding hydrogens is 433 g/mol. The molecule has 5 rings (SSSR count). The van der Waals surface area contributed by atoms with Crippen LogP contribution >= 0.6 is 0 Å². The van der Waals surface area contributed by atoms with Crippen molar-refractivity contribution >= 4 is 16.7 Å². The van der Waals surface area contributed by atoms with Gasteiger partial charge >= 0.3 is 6.18 Å². The van der Waals surface area contributed by atoms with Crippen LogP contribution in [0.3, 0.4) is 0 Å². The first kappa shape index (κ1) is 21.9. The second-order valence-electron chi connectivity index (χ2n) is 9.31. The summed E-state index contributed by atoms with van der Waals surface area (Å²) >= 11 is 0. The topological polar surface area (TPSA) is 76.8 Å². The van der Waals surface area contributed by atoms with Crippen LogP contribution in [0.1, 0.15) is 31.5 Å². The summed E-state index contributed by atoms with van der Waals surface area (Å²) in [7, 11) is 1.80. The van der Waals surface area contributed by atoms with Gasteiger partial charge in [0.1, 0.15) is 17.3 Å². The smallest absolute Gasteiger partial charge is 0.302 e. The molecule has 10 heteroatoms. The van der Waals surface area contributed by atoms with Crippen LogP contribution in [-0.2, 0) is 18.3 Å². The van der Waals surface area contributed by atoms with E-state index in [1.54, 1.807) is 17.9 Å². The minimum Gasteiger partial charge on any atom is -0.302 e. The fourth-order valence-corrected chi connectivity index (χ4v) is 4.61. The van der Waals surface area contributed by atoms with E-state index in [4.69, 9.17) is 0 Å². The maximum atomic E-state index is 13.2. The average Bonchev–Trinajstić information content (AvgIpc) is 3.45. The zero-order valence-electron chi connectivity index (χ0n) is 18.3. The molecule has 3 aromatic rings. The number of carbonyl (C=O) groups excluding carboxylic acids is 1. The van der Waals surface area contributed by atoms with Crippen molar-refractivity contribution < 1.29 is 18.0 Å². The highest BCUT2D eigenvalue weighted by atomic mass is 19.4. The van der Waals surface area contributed by atoms with Crippen molar-refractivity contribution in [2.75, 3.05) is 19.6 Å². The number of likely N-dealkylation sites (tertiary alicyclic amines) is 1. The Hall–Kier alpha value is -2.88. The van der Waals surface area contributed by atoms with Gasteiger partial charge in [-0.1, -0.05) is 17.3 Å². The van der Waals surface area contributed by atoms with E-state index in [1.165, 1.54) is 0 Å². The number of rotatable bonds is 6. The van der Waals surface area contributed by atoms with E-state index in [1.807, 2.05) is 29.3 Å². The number of fused-ring (bicyclic) bond motifs is 1. The molecule has 0 atom stereocenters. The Morgan fingerprint density at radius 2 is 1.97 bits per heavy atom. The summed E-state index contributed by atoms with van der Waals surface area (Å²) in [6.45, 7) is 1.10. The van der Waals surface area contributed by atoms with Crippen LogP contribution in [0.4, 0.5) is 13.2 Å². The fourth-order valence-electron chi connectivity index (χ4n) is 4.61. The van der Waals surface area contributed by atoms with E-state index < -0.39 is 11.6 Å². The lowest BCUT2D eigenvalue weighted by atomic mass is 9.90. The lowest BCUT2D eigenvalue weighted by Gasteiger charge is -2.34. The van der Waals surface area contributed by atoms with Gasteiger partial charge in [-0.05, 0) is 44.8 Å². The molecule has 7 nitrogen and oxygen atoms in total. The molecule has 1 aliphatic heterocycles. The van der Waals surface area contributed by atoms with Crippen molar-refractivity contribution in [1.82, 2.24) is 29.9 Å². The van der Waals surface area contributed by atoms with Gasteiger partial charge < -0.3 is 4.90 Å². The normalized spacial score (nSPS) is 19.2. The Balaban J connectivity index is 1.21. The van der Waals surface area contributed by atoms with Gasteiger partial charge in [-0.3, -0.25) is 9.48 Å². The maximum Gasteiger partial charge on any atom is 0.395 e. The highest BCUT2D eigenvalue weighted by Gasteiger charge is 2.63. The van der Waals surface area contributed by atoms with Crippen LogP contribution in [0.2, 0.25) is 0 Å². The number of hydrogen-bond acceptors (Lipinski definition) is 6. The van der Waals surface area contributed by atoms with E-state index in [-0.39, 0.29) is 37.5 Å². The third-order valence-electron chi connectivity index (χ3n) is 6.89. The van der Waals surface area contributed by atoms with Crippen molar-refractivity contribution in [2.24, 2.45) is 18.4 Å². The molecule has 0 N–H and O–H groups in total. The number of Topliss-reactive ketones (excluding diaryl/α,β-unsaturated/α-hetero) is 1. The Kier molecular flexibility index (Phi) is 5.43. The summed E-state index contributed by atoms with van der Waals surface area (Å²) in [4.78, 5) is 23.7. The predicted molar refractivity (Wildman–Crippen MR) is 115 cm³/mol. The molecule has 174 valence electrons. The van der Waals surface area contributed by atoms with Crippen LogP contribution in [0.15, 0.2) is 30.6 Å². The van der Waals surface area contributed by atoms with Gasteiger partial charge in [0, 0.05) is 36.7 Å². The molecular formula is C23H25F3N6O. The van der Waals surface area contributed by atoms with E-state index in [9.17, 15) is 18.0 Å². The summed E-state index contributed by atoms with van der Waals surface area (Å²) in [5.74, 6) is 0.351. The number of carbonyl (C=O) groups is 1. The molecule has 33 heavy (non-hydrogen) atoms. The number of alkyl halides is 3. The summed E-state index contributed by atoms with van der Waals surface area (Å²) < 4.78 is 41.3. The van der Waals surface area contributed by atoms with Crippen LogP contribution in [0.5, 0.6) is 0 Å². The number of piperidine rings is 1. The second-order valence-corrected chi connectivity index (χ2v) is 9.31. The highest BCUT2D eigenvalue weighted by Crippen LogP contribution is 2.58. The number of ketones is 1. The zero-order chi connectivity index (χ0) is 23.2. The van der Waals surface area contributed by atoms with E-state index in [0.717, 1.165) is 22.2 Å². The quantitative estimate of drug-likeness (QED) is 0.562. The number of halogens is 3. The van der Waals surface area contributed by atoms with Gasteiger partial charge in [0.15, 0.2) is 0 Å². The zero-order valence-corrected chi connectivity index (χ0v) is 18.3. The van der Waals surface area contributed by atoms with Crippen molar-refractivity contribution in [2.45, 2.75) is 38.3 Å². The fraction of sp³-hybridized carbons (Fsp3) is 0.522. The molecule has 0 radical (unpaired) electrons. The van der Waals surface area contributed by atoms with Gasteiger partial charge in [-0.2, -0.15) is 13.2 Å². The molecule has 1 saturated carbocycles. The summed E-state index contributed by atoms with van der Waals surface area (Å²) in [6.07, 6.45) is 1.11. The van der Waals surface area contributed by atoms with Gasteiger partial charge in [0.25, 0.3) is 0 Å². The van der Waals surface area contributed by atoms with Crippen molar-refractivity contribution in [3.63, 3.8) is 0 Å². The third-order valence-corrected chi connectivity index (χ3v) is 6.89. The molecule has 1 aliphatic carbocycles. The highest BCUT2D eigenvalue weighted by molar-refractivity contribution is 5.85. The maximum absolute atomic E-state index is 13.2. The van der Waals surface area contributed by atoms with Gasteiger partial charge in [-0.25, -0.2) is 9.97 Å². The first-order chi connectivity index (χ1) is 15.7. The molecule has 0 unspecified atom stereocenters. The lowest BCUT2D eigenvalue weighted by Crippen LogP contribution is -2.43. The largest absolute Gasteiger partial charge is 0.395 e. The van der Waals surface area contributed by atoms with E-state index >= 15 is 0 Å². The number of nitrogens with zero attached hydrogens (tertiary/aromatic N) is 6. The van der Waals surface area contributed by atoms with Crippen LogP contribution < -0.4 is 0 Å². The number of benzene rings is 1. The van der Waals surface area contributed by atoms with Gasteiger partial charge in [0.05, 0.1) is 23.5 Å². The number of aryl methyl sites for hydroxylation is 1. The van der Waals surface area contributed by atoms with E-state index in [2.05, 4.69) is 20.3 Å². The molecule has 1 aromatic carbocycles. The molecule has 0 spiro atoms. The standard InChI is InChI=1S/C23H25F3N6O/c1-31-13-19(29-30-31)16-2-3-17-12-27-21(28-18(17)10-16)11-20(33)15-4-8-32(9-5-15)14-22(6-7-22)23(24,25)26/h2-3,10,12-13,15H,4-9,11,14H2,1H3. The molecule has 2 aliphatic rings. The first-order valence-electron chi connectivity index (χ1n) is 11.2. The van der Waals surface area contributed by atoms with Crippen molar-refractivity contribution in [3.8, 4) is 11.3 Å². The van der Waals surface area contributed by atoms with Crippen LogP contribution in [0.25, 0.3) is 22.2 Å². The van der Waals surface area contributed by atoms with Crippen LogP contribution in [0, 0.1) is 11.3 Å². The third kappa shape index (κ3) is 4.48. The Morgan fingerprint density at radius 1 is 1.21 bits per heavy atom. The molecule has 2 fully saturated rings.